The quantitative estimate of drug-likeness (QED) is 0.279. The Morgan fingerprint density at radius 3 is 2.15 bits per heavy atom. The number of anilines is 1. The second kappa shape index (κ2) is 15.9. The molecule has 15 heteroatoms. The molecule has 1 saturated heterocycles. The van der Waals surface area contributed by atoms with E-state index in [9.17, 15) is 45.8 Å². The van der Waals surface area contributed by atoms with Crippen LogP contribution in [0.2, 0.25) is 0 Å². The molecule has 262 valence electrons. The summed E-state index contributed by atoms with van der Waals surface area (Å²) in [5.41, 5.74) is 1.96. The molecule has 48 heavy (non-hydrogen) atoms. The third-order valence-corrected chi connectivity index (χ3v) is 8.58. The van der Waals surface area contributed by atoms with Crippen LogP contribution in [-0.2, 0) is 14.4 Å². The first kappa shape index (κ1) is 36.8. The average Bonchev–Trinajstić information content (AvgIpc) is 3.13. The topological polar surface area (TPSA) is 114 Å². The molecule has 3 atom stereocenters. The van der Waals surface area contributed by atoms with E-state index in [1.165, 1.54) is 11.9 Å². The molecule has 0 bridgehead atoms. The Hall–Kier alpha value is -3.98. The predicted molar refractivity (Wildman–Crippen MR) is 166 cm³/mol. The first-order valence-corrected chi connectivity index (χ1v) is 15.7. The lowest BCUT2D eigenvalue weighted by molar-refractivity contribution is -0.148. The molecule has 3 amide bonds. The molecule has 2 aromatic carbocycles. The van der Waals surface area contributed by atoms with Crippen molar-refractivity contribution < 1.29 is 45.8 Å². The summed E-state index contributed by atoms with van der Waals surface area (Å²) >= 11 is 0. The third kappa shape index (κ3) is 10.3. The maximum Gasteiger partial charge on any atom is 0.389 e. The number of carbonyl (C=O) groups excluding carboxylic acids is 3. The van der Waals surface area contributed by atoms with Crippen LogP contribution in [0, 0.1) is 11.8 Å². The second-order valence-corrected chi connectivity index (χ2v) is 12.1. The van der Waals surface area contributed by atoms with Crippen LogP contribution in [-0.4, -0.2) is 84.9 Å². The fourth-order valence-corrected chi connectivity index (χ4v) is 5.95. The SMILES string of the molecule is CN1C(=O)[C@@H](NC(=O)[C@H](CCCC(F)(F)F)[C@H](CCC(F)(F)F)C(=O)NCN2CCC(O)CC2)N=C(c2ccccc2)c2ccccc21. The van der Waals surface area contributed by atoms with Gasteiger partial charge in [0.15, 0.2) is 0 Å². The number of amides is 3. The standard InChI is InChI=1S/C33H39F6N5O4/c1-43-26-12-6-5-10-25(26)27(21-8-3-2-4-9-21)41-28(31(43)48)42-30(47)23(11-7-16-32(34,35)36)24(13-17-33(37,38)39)29(46)40-20-44-18-14-22(45)15-19-44/h2-6,8-10,12,22-24,28,45H,7,11,13-20H2,1H3,(H,40,46)(H,42,47)/t23-,24+,28-/m1/s1. The summed E-state index contributed by atoms with van der Waals surface area (Å²) in [6.07, 6.45) is -15.4. The summed E-state index contributed by atoms with van der Waals surface area (Å²) in [4.78, 5) is 48.6. The first-order chi connectivity index (χ1) is 22.6. The van der Waals surface area contributed by atoms with Crippen molar-refractivity contribution in [1.29, 1.82) is 0 Å². The summed E-state index contributed by atoms with van der Waals surface area (Å²) in [5, 5.41) is 14.8. The number of aliphatic hydroxyl groups is 1. The van der Waals surface area contributed by atoms with E-state index in [1.807, 2.05) is 0 Å². The van der Waals surface area contributed by atoms with Gasteiger partial charge in [0.2, 0.25) is 18.0 Å². The lowest BCUT2D eigenvalue weighted by Gasteiger charge is -2.31. The van der Waals surface area contributed by atoms with Gasteiger partial charge in [-0.15, -0.1) is 0 Å². The highest BCUT2D eigenvalue weighted by molar-refractivity contribution is 6.20. The Kier molecular flexibility index (Phi) is 12.2. The number of aliphatic hydroxyl groups excluding tert-OH is 1. The van der Waals surface area contributed by atoms with Crippen molar-refractivity contribution in [2.75, 3.05) is 31.7 Å². The van der Waals surface area contributed by atoms with Gasteiger partial charge in [-0.2, -0.15) is 26.3 Å². The number of rotatable bonds is 12. The number of fused-ring (bicyclic) bond motifs is 1. The number of hydrogen-bond donors (Lipinski definition) is 3. The molecule has 0 aliphatic carbocycles. The highest BCUT2D eigenvalue weighted by Crippen LogP contribution is 2.33. The monoisotopic (exact) mass is 683 g/mol. The van der Waals surface area contributed by atoms with Crippen LogP contribution in [0.15, 0.2) is 59.6 Å². The number of nitrogens with one attached hydrogen (secondary N) is 2. The summed E-state index contributed by atoms with van der Waals surface area (Å²) in [6.45, 7) is 0.733. The van der Waals surface area contributed by atoms with Crippen LogP contribution in [0.25, 0.3) is 0 Å². The van der Waals surface area contributed by atoms with Crippen LogP contribution in [0.4, 0.5) is 32.0 Å². The molecule has 3 N–H and O–H groups in total. The predicted octanol–water partition coefficient (Wildman–Crippen LogP) is 4.78. The summed E-state index contributed by atoms with van der Waals surface area (Å²) in [5.74, 6) is -5.99. The van der Waals surface area contributed by atoms with Gasteiger partial charge in [-0.1, -0.05) is 48.5 Å². The number of para-hydroxylation sites is 1. The molecule has 9 nitrogen and oxygen atoms in total. The summed E-state index contributed by atoms with van der Waals surface area (Å²) in [7, 11) is 1.46. The van der Waals surface area contributed by atoms with Crippen molar-refractivity contribution in [2.45, 2.75) is 69.6 Å². The Labute approximate surface area is 274 Å². The van der Waals surface area contributed by atoms with E-state index < -0.39 is 86.3 Å². The van der Waals surface area contributed by atoms with Gasteiger partial charge in [-0.05, 0) is 38.2 Å². The molecular weight excluding hydrogens is 644 g/mol. The number of nitrogens with zero attached hydrogens (tertiary/aromatic N) is 3. The van der Waals surface area contributed by atoms with E-state index in [4.69, 9.17) is 0 Å². The molecule has 0 saturated carbocycles. The number of piperidine rings is 1. The minimum atomic E-state index is -4.71. The van der Waals surface area contributed by atoms with Crippen molar-refractivity contribution in [2.24, 2.45) is 16.8 Å². The molecule has 0 radical (unpaired) electrons. The number of benzene rings is 2. The maximum absolute atomic E-state index is 13.9. The fourth-order valence-electron chi connectivity index (χ4n) is 5.95. The Morgan fingerprint density at radius 1 is 0.896 bits per heavy atom. The number of carbonyl (C=O) groups is 3. The zero-order chi connectivity index (χ0) is 35.1. The molecule has 1 fully saturated rings. The van der Waals surface area contributed by atoms with Crippen LogP contribution in [0.1, 0.15) is 56.1 Å². The minimum Gasteiger partial charge on any atom is -0.393 e. The minimum absolute atomic E-state index is 0.0835. The number of benzodiazepines with no additional fused rings is 1. The molecule has 0 aromatic heterocycles. The molecule has 0 spiro atoms. The van der Waals surface area contributed by atoms with E-state index in [-0.39, 0.29) is 6.67 Å². The third-order valence-electron chi connectivity index (χ3n) is 8.58. The highest BCUT2D eigenvalue weighted by atomic mass is 19.4. The van der Waals surface area contributed by atoms with E-state index >= 15 is 0 Å². The van der Waals surface area contributed by atoms with E-state index in [2.05, 4.69) is 15.6 Å². The van der Waals surface area contributed by atoms with Gasteiger partial charge in [-0.25, -0.2) is 4.99 Å². The number of likely N-dealkylation sites (tertiary alicyclic amines) is 1. The van der Waals surface area contributed by atoms with Gasteiger partial charge in [0.05, 0.1) is 24.2 Å². The zero-order valence-electron chi connectivity index (χ0n) is 26.4. The van der Waals surface area contributed by atoms with Crippen molar-refractivity contribution in [3.63, 3.8) is 0 Å². The van der Waals surface area contributed by atoms with Gasteiger partial charge < -0.3 is 20.6 Å². The van der Waals surface area contributed by atoms with Crippen molar-refractivity contribution >= 4 is 29.1 Å². The van der Waals surface area contributed by atoms with Gasteiger partial charge in [0.25, 0.3) is 5.91 Å². The lowest BCUT2D eigenvalue weighted by atomic mass is 9.83. The van der Waals surface area contributed by atoms with E-state index in [0.717, 1.165) is 0 Å². The van der Waals surface area contributed by atoms with Gasteiger partial charge in [0, 0.05) is 55.9 Å². The normalized spacial score (nSPS) is 19.2. The van der Waals surface area contributed by atoms with Crippen LogP contribution >= 0.6 is 0 Å². The largest absolute Gasteiger partial charge is 0.393 e. The fraction of sp³-hybridized carbons (Fsp3) is 0.515. The molecule has 2 aliphatic rings. The van der Waals surface area contributed by atoms with E-state index in [1.54, 1.807) is 59.5 Å². The average molecular weight is 684 g/mol. The van der Waals surface area contributed by atoms with Gasteiger partial charge in [0.1, 0.15) is 0 Å². The lowest BCUT2D eigenvalue weighted by Crippen LogP contribution is -2.51. The number of alkyl halides is 6. The summed E-state index contributed by atoms with van der Waals surface area (Å²) in [6, 6.07) is 15.6. The number of aliphatic imine (C=N–C) groups is 1. The Morgan fingerprint density at radius 2 is 1.50 bits per heavy atom. The van der Waals surface area contributed by atoms with Crippen molar-refractivity contribution in [3.05, 3.63) is 65.7 Å². The van der Waals surface area contributed by atoms with Crippen LogP contribution in [0.5, 0.6) is 0 Å². The molecule has 2 aliphatic heterocycles. The first-order valence-electron chi connectivity index (χ1n) is 15.7. The molecular formula is C33H39F6N5O4. The van der Waals surface area contributed by atoms with Gasteiger partial charge >= 0.3 is 12.4 Å². The Bertz CT molecular complexity index is 1440. The van der Waals surface area contributed by atoms with Crippen LogP contribution < -0.4 is 15.5 Å². The molecule has 4 rings (SSSR count). The smallest absolute Gasteiger partial charge is 0.389 e. The van der Waals surface area contributed by atoms with Gasteiger partial charge in [-0.3, -0.25) is 19.3 Å². The van der Waals surface area contributed by atoms with Crippen LogP contribution in [0.3, 0.4) is 0 Å². The van der Waals surface area contributed by atoms with Crippen molar-refractivity contribution in [3.8, 4) is 0 Å². The number of halogens is 6. The number of hydrogen-bond acceptors (Lipinski definition) is 6. The van der Waals surface area contributed by atoms with Crippen molar-refractivity contribution in [1.82, 2.24) is 15.5 Å². The Balaban J connectivity index is 1.65. The second-order valence-electron chi connectivity index (χ2n) is 12.1. The molecule has 2 heterocycles. The zero-order valence-corrected chi connectivity index (χ0v) is 26.4. The maximum atomic E-state index is 13.9. The molecule has 2 aromatic rings. The number of likely N-dealkylation sites (N-methyl/N-ethyl adjacent to an activating group) is 1. The summed E-state index contributed by atoms with van der Waals surface area (Å²) < 4.78 is 79.7. The molecule has 0 unspecified atom stereocenters. The van der Waals surface area contributed by atoms with E-state index in [0.29, 0.717) is 48.5 Å². The highest BCUT2D eigenvalue weighted by Gasteiger charge is 2.40.